The van der Waals surface area contributed by atoms with Crippen LogP contribution in [-0.2, 0) is 16.1 Å². The molecule has 2 aromatic carbocycles. The fourth-order valence-corrected chi connectivity index (χ4v) is 1.98. The molecule has 2 N–H and O–H groups in total. The molecule has 2 aromatic rings. The maximum Gasteiger partial charge on any atom is 0.408 e. The smallest absolute Gasteiger partial charge is 0.408 e. The van der Waals surface area contributed by atoms with Crippen LogP contribution in [0.15, 0.2) is 48.5 Å². The number of hydrogen-bond donors (Lipinski definition) is 2. The molecule has 2 rings (SSSR count). The molecule has 0 radical (unpaired) electrons. The van der Waals surface area contributed by atoms with Crippen molar-refractivity contribution in [3.05, 3.63) is 70.5 Å². The fourth-order valence-electron chi connectivity index (χ4n) is 1.86. The van der Waals surface area contributed by atoms with E-state index in [4.69, 9.17) is 16.3 Å². The summed E-state index contributed by atoms with van der Waals surface area (Å²) in [7, 11) is 0. The SMILES string of the molecule is O=C(N[C@H](C(=O)O)c1ccc(Cl)c(F)c1)OCc1ccccc1. The third-order valence-electron chi connectivity index (χ3n) is 3.00. The molecule has 23 heavy (non-hydrogen) atoms. The average Bonchev–Trinajstić information content (AvgIpc) is 2.54. The second-order valence-corrected chi connectivity index (χ2v) is 5.06. The Labute approximate surface area is 136 Å². The lowest BCUT2D eigenvalue weighted by Crippen LogP contribution is -2.34. The van der Waals surface area contributed by atoms with E-state index in [9.17, 15) is 19.1 Å². The van der Waals surface area contributed by atoms with E-state index in [0.29, 0.717) is 0 Å². The third kappa shape index (κ3) is 4.69. The lowest BCUT2D eigenvalue weighted by Gasteiger charge is -2.15. The van der Waals surface area contributed by atoms with Crippen molar-refractivity contribution < 1.29 is 23.8 Å². The summed E-state index contributed by atoms with van der Waals surface area (Å²) in [5.74, 6) is -2.11. The van der Waals surface area contributed by atoms with Gasteiger partial charge in [-0.2, -0.15) is 0 Å². The van der Waals surface area contributed by atoms with E-state index in [2.05, 4.69) is 5.32 Å². The summed E-state index contributed by atoms with van der Waals surface area (Å²) in [6.07, 6.45) is -0.920. The normalized spacial score (nSPS) is 11.6. The highest BCUT2D eigenvalue weighted by Crippen LogP contribution is 2.20. The first kappa shape index (κ1) is 16.8. The van der Waals surface area contributed by atoms with Crippen LogP contribution in [-0.4, -0.2) is 17.2 Å². The molecule has 0 aliphatic carbocycles. The second-order valence-electron chi connectivity index (χ2n) is 4.65. The largest absolute Gasteiger partial charge is 0.479 e. The minimum absolute atomic E-state index is 0.00596. The number of hydrogen-bond acceptors (Lipinski definition) is 3. The van der Waals surface area contributed by atoms with E-state index in [0.717, 1.165) is 11.6 Å². The number of benzene rings is 2. The van der Waals surface area contributed by atoms with Gasteiger partial charge in [0.1, 0.15) is 12.4 Å². The number of carboxylic acid groups (broad SMARTS) is 1. The highest BCUT2D eigenvalue weighted by Gasteiger charge is 2.23. The Balaban J connectivity index is 2.02. The van der Waals surface area contributed by atoms with Crippen molar-refractivity contribution in [1.82, 2.24) is 5.32 Å². The zero-order valence-corrected chi connectivity index (χ0v) is 12.6. The van der Waals surface area contributed by atoms with Crippen molar-refractivity contribution >= 4 is 23.7 Å². The van der Waals surface area contributed by atoms with Gasteiger partial charge < -0.3 is 15.2 Å². The van der Waals surface area contributed by atoms with Crippen LogP contribution >= 0.6 is 11.6 Å². The molecule has 0 fully saturated rings. The van der Waals surface area contributed by atoms with Gasteiger partial charge in [-0.1, -0.05) is 48.0 Å². The van der Waals surface area contributed by atoms with Crippen molar-refractivity contribution in [2.24, 2.45) is 0 Å². The van der Waals surface area contributed by atoms with Gasteiger partial charge in [0.25, 0.3) is 0 Å². The predicted octanol–water partition coefficient (Wildman–Crippen LogP) is 3.53. The van der Waals surface area contributed by atoms with E-state index in [1.807, 2.05) is 6.07 Å². The molecule has 0 spiro atoms. The lowest BCUT2D eigenvalue weighted by molar-refractivity contribution is -0.139. The Morgan fingerprint density at radius 1 is 1.22 bits per heavy atom. The van der Waals surface area contributed by atoms with Crippen molar-refractivity contribution in [1.29, 1.82) is 0 Å². The van der Waals surface area contributed by atoms with Gasteiger partial charge in [0.05, 0.1) is 5.02 Å². The number of carbonyl (C=O) groups is 2. The molecular weight excluding hydrogens is 325 g/mol. The molecule has 0 saturated carbocycles. The minimum Gasteiger partial charge on any atom is -0.479 e. The number of rotatable bonds is 5. The summed E-state index contributed by atoms with van der Waals surface area (Å²) in [4.78, 5) is 23.0. The summed E-state index contributed by atoms with van der Waals surface area (Å²) < 4.78 is 18.4. The molecule has 0 heterocycles. The quantitative estimate of drug-likeness (QED) is 0.875. The Bertz CT molecular complexity index is 708. The number of carbonyl (C=O) groups excluding carboxylic acids is 1. The minimum atomic E-state index is -1.44. The van der Waals surface area contributed by atoms with Crippen molar-refractivity contribution in [2.75, 3.05) is 0 Å². The zero-order chi connectivity index (χ0) is 16.8. The van der Waals surface area contributed by atoms with Gasteiger partial charge in [-0.05, 0) is 23.3 Å². The molecule has 0 bridgehead atoms. The zero-order valence-electron chi connectivity index (χ0n) is 11.8. The van der Waals surface area contributed by atoms with Gasteiger partial charge in [0, 0.05) is 0 Å². The summed E-state index contributed by atoms with van der Waals surface area (Å²) in [5.41, 5.74) is 0.808. The first-order valence-corrected chi connectivity index (χ1v) is 7.00. The van der Waals surface area contributed by atoms with E-state index < -0.39 is 23.9 Å². The maximum absolute atomic E-state index is 13.4. The predicted molar refractivity (Wildman–Crippen MR) is 81.5 cm³/mol. The molecule has 5 nitrogen and oxygen atoms in total. The number of amides is 1. The average molecular weight is 338 g/mol. The topological polar surface area (TPSA) is 75.6 Å². The van der Waals surface area contributed by atoms with Gasteiger partial charge >= 0.3 is 12.1 Å². The van der Waals surface area contributed by atoms with Gasteiger partial charge in [-0.3, -0.25) is 0 Å². The first-order chi connectivity index (χ1) is 11.0. The third-order valence-corrected chi connectivity index (χ3v) is 3.31. The standard InChI is InChI=1S/C16H13ClFNO4/c17-12-7-6-11(8-13(12)18)14(15(20)21)19-16(22)23-9-10-4-2-1-3-5-10/h1-8,14H,9H2,(H,19,22)(H,20,21)/t14-/m0/s1. The van der Waals surface area contributed by atoms with Gasteiger partial charge in [0.15, 0.2) is 6.04 Å². The number of nitrogens with one attached hydrogen (secondary N) is 1. The summed E-state index contributed by atoms with van der Waals surface area (Å²) in [5, 5.41) is 11.2. The number of alkyl carbamates (subject to hydrolysis) is 1. The molecule has 0 aromatic heterocycles. The van der Waals surface area contributed by atoms with Crippen LogP contribution in [0.1, 0.15) is 17.2 Å². The van der Waals surface area contributed by atoms with Crippen molar-refractivity contribution in [3.63, 3.8) is 0 Å². The maximum atomic E-state index is 13.4. The van der Waals surface area contributed by atoms with E-state index in [1.54, 1.807) is 24.3 Å². The van der Waals surface area contributed by atoms with Crippen LogP contribution in [0, 0.1) is 5.82 Å². The number of halogens is 2. The molecule has 1 amide bonds. The van der Waals surface area contributed by atoms with Crippen LogP contribution in [0.2, 0.25) is 5.02 Å². The Kier molecular flexibility index (Phi) is 5.54. The van der Waals surface area contributed by atoms with Gasteiger partial charge in [-0.15, -0.1) is 0 Å². The van der Waals surface area contributed by atoms with Gasteiger partial charge in [-0.25, -0.2) is 14.0 Å². The van der Waals surface area contributed by atoms with Crippen LogP contribution < -0.4 is 5.32 Å². The molecule has 0 unspecified atom stereocenters. The number of aliphatic carboxylic acids is 1. The van der Waals surface area contributed by atoms with Crippen molar-refractivity contribution in [3.8, 4) is 0 Å². The number of ether oxygens (including phenoxy) is 1. The highest BCUT2D eigenvalue weighted by atomic mass is 35.5. The summed E-state index contributed by atoms with van der Waals surface area (Å²) >= 11 is 5.55. The molecular formula is C16H13ClFNO4. The van der Waals surface area contributed by atoms with Crippen LogP contribution in [0.3, 0.4) is 0 Å². The fraction of sp³-hybridized carbons (Fsp3) is 0.125. The monoisotopic (exact) mass is 337 g/mol. The van der Waals surface area contributed by atoms with Crippen LogP contribution in [0.5, 0.6) is 0 Å². The van der Waals surface area contributed by atoms with Crippen LogP contribution in [0.4, 0.5) is 9.18 Å². The summed E-state index contributed by atoms with van der Waals surface area (Å²) in [6, 6.07) is 11.0. The Morgan fingerprint density at radius 3 is 2.52 bits per heavy atom. The molecule has 7 heteroatoms. The van der Waals surface area contributed by atoms with E-state index >= 15 is 0 Å². The molecule has 1 atom stereocenters. The molecule has 0 aliphatic heterocycles. The van der Waals surface area contributed by atoms with Gasteiger partial charge in [0.2, 0.25) is 0 Å². The molecule has 120 valence electrons. The van der Waals surface area contributed by atoms with E-state index in [1.165, 1.54) is 12.1 Å². The lowest BCUT2D eigenvalue weighted by atomic mass is 10.1. The molecule has 0 saturated heterocycles. The first-order valence-electron chi connectivity index (χ1n) is 6.62. The number of carboxylic acids is 1. The van der Waals surface area contributed by atoms with Crippen LogP contribution in [0.25, 0.3) is 0 Å². The highest BCUT2D eigenvalue weighted by molar-refractivity contribution is 6.30. The Morgan fingerprint density at radius 2 is 1.91 bits per heavy atom. The molecule has 0 aliphatic rings. The Hall–Kier alpha value is -2.60. The second kappa shape index (κ2) is 7.60. The summed E-state index contributed by atoms with van der Waals surface area (Å²) in [6.45, 7) is -0.00596. The van der Waals surface area contributed by atoms with E-state index in [-0.39, 0.29) is 17.2 Å². The van der Waals surface area contributed by atoms with Crippen molar-refractivity contribution in [2.45, 2.75) is 12.6 Å².